The van der Waals surface area contributed by atoms with Crippen LogP contribution in [-0.2, 0) is 19.6 Å². The fourth-order valence-corrected chi connectivity index (χ4v) is 4.11. The van der Waals surface area contributed by atoms with Crippen LogP contribution < -0.4 is 4.72 Å². The monoisotopic (exact) mass is 305 g/mol. The number of thiophene rings is 1. The number of nitrogens with one attached hydrogen (secondary N) is 1. The maximum Gasteiger partial charge on any atom is 0.323 e. The van der Waals surface area contributed by atoms with Crippen molar-refractivity contribution in [3.63, 3.8) is 0 Å². The third-order valence-corrected chi connectivity index (χ3v) is 5.43. The van der Waals surface area contributed by atoms with Gasteiger partial charge in [0.15, 0.2) is 0 Å². The van der Waals surface area contributed by atoms with Crippen molar-refractivity contribution < 1.29 is 17.9 Å². The van der Waals surface area contributed by atoms with Crippen LogP contribution in [0.25, 0.3) is 0 Å². The van der Waals surface area contributed by atoms with Crippen molar-refractivity contribution in [3.05, 3.63) is 17.0 Å². The molecule has 19 heavy (non-hydrogen) atoms. The van der Waals surface area contributed by atoms with Gasteiger partial charge in [-0.15, -0.1) is 11.3 Å². The Bertz CT molecular complexity index is 534. The van der Waals surface area contributed by atoms with Crippen LogP contribution in [0.15, 0.2) is 16.3 Å². The third kappa shape index (κ3) is 4.59. The lowest BCUT2D eigenvalue weighted by Crippen LogP contribution is -2.42. The molecule has 0 amide bonds. The lowest BCUT2D eigenvalue weighted by Gasteiger charge is -2.17. The number of sulfonamides is 1. The molecular weight excluding hydrogens is 286 g/mol. The molecular formula is C12H19NO4S2. The van der Waals surface area contributed by atoms with Gasteiger partial charge < -0.3 is 4.74 Å². The molecule has 0 fully saturated rings. The highest BCUT2D eigenvalue weighted by Gasteiger charge is 2.27. The Morgan fingerprint density at radius 1 is 1.42 bits per heavy atom. The first-order valence-electron chi connectivity index (χ1n) is 5.93. The molecule has 0 aromatic carbocycles. The molecule has 0 saturated heterocycles. The van der Waals surface area contributed by atoms with Crippen molar-refractivity contribution in [1.82, 2.24) is 4.72 Å². The average Bonchev–Trinajstić information content (AvgIpc) is 2.74. The van der Waals surface area contributed by atoms with Gasteiger partial charge in [0.25, 0.3) is 10.0 Å². The standard InChI is InChI=1S/C12H19NO4S2/c1-8(2)7-10(12(14)17-4)13-19(15,16)11-6-5-9(3)18-11/h5-6,8,10,13H,7H2,1-4H3. The van der Waals surface area contributed by atoms with Crippen LogP contribution in [0.2, 0.25) is 0 Å². The van der Waals surface area contributed by atoms with Gasteiger partial charge in [0.2, 0.25) is 0 Å². The topological polar surface area (TPSA) is 72.5 Å². The SMILES string of the molecule is COC(=O)C(CC(C)C)NS(=O)(=O)c1ccc(C)s1. The Kier molecular flexibility index (Phi) is 5.51. The fraction of sp³-hybridized carbons (Fsp3) is 0.583. The van der Waals surface area contributed by atoms with E-state index in [1.807, 2.05) is 20.8 Å². The summed E-state index contributed by atoms with van der Waals surface area (Å²) >= 11 is 1.17. The summed E-state index contributed by atoms with van der Waals surface area (Å²) in [6, 6.07) is 2.42. The van der Waals surface area contributed by atoms with Crippen LogP contribution in [0.5, 0.6) is 0 Å². The van der Waals surface area contributed by atoms with Gasteiger partial charge in [-0.1, -0.05) is 13.8 Å². The molecule has 108 valence electrons. The number of hydrogen-bond donors (Lipinski definition) is 1. The van der Waals surface area contributed by atoms with E-state index >= 15 is 0 Å². The molecule has 1 unspecified atom stereocenters. The van der Waals surface area contributed by atoms with Crippen molar-refractivity contribution >= 4 is 27.3 Å². The number of carbonyl (C=O) groups excluding carboxylic acids is 1. The number of rotatable bonds is 6. The summed E-state index contributed by atoms with van der Waals surface area (Å²) in [5, 5.41) is 0. The predicted octanol–water partition coefficient (Wildman–Crippen LogP) is 1.92. The van der Waals surface area contributed by atoms with Crippen molar-refractivity contribution in [2.75, 3.05) is 7.11 Å². The van der Waals surface area contributed by atoms with Gasteiger partial charge in [-0.25, -0.2) is 8.42 Å². The number of carbonyl (C=O) groups is 1. The van der Waals surface area contributed by atoms with E-state index < -0.39 is 22.0 Å². The molecule has 0 bridgehead atoms. The Balaban J connectivity index is 2.92. The van der Waals surface area contributed by atoms with E-state index in [4.69, 9.17) is 0 Å². The zero-order valence-electron chi connectivity index (χ0n) is 11.5. The van der Waals surface area contributed by atoms with E-state index in [1.54, 1.807) is 6.07 Å². The summed E-state index contributed by atoms with van der Waals surface area (Å²) < 4.78 is 31.6. The van der Waals surface area contributed by atoms with Crippen LogP contribution in [0.3, 0.4) is 0 Å². The maximum absolute atomic E-state index is 12.1. The predicted molar refractivity (Wildman–Crippen MR) is 74.6 cm³/mol. The third-order valence-electron chi connectivity index (χ3n) is 2.47. The molecule has 0 radical (unpaired) electrons. The highest BCUT2D eigenvalue weighted by Crippen LogP contribution is 2.21. The Labute approximate surface area is 118 Å². The van der Waals surface area contributed by atoms with Crippen LogP contribution in [-0.4, -0.2) is 27.5 Å². The van der Waals surface area contributed by atoms with Crippen molar-refractivity contribution in [2.24, 2.45) is 5.92 Å². The summed E-state index contributed by atoms with van der Waals surface area (Å²) in [7, 11) is -2.42. The van der Waals surface area contributed by atoms with Gasteiger partial charge in [0.05, 0.1) is 7.11 Å². The molecule has 1 atom stereocenters. The van der Waals surface area contributed by atoms with Crippen LogP contribution >= 0.6 is 11.3 Å². The summed E-state index contributed by atoms with van der Waals surface area (Å²) in [6.45, 7) is 5.66. The number of aryl methyl sites for hydroxylation is 1. The van der Waals surface area contributed by atoms with E-state index in [0.717, 1.165) is 4.88 Å². The highest BCUT2D eigenvalue weighted by atomic mass is 32.2. The highest BCUT2D eigenvalue weighted by molar-refractivity contribution is 7.91. The van der Waals surface area contributed by atoms with Gasteiger partial charge in [-0.3, -0.25) is 4.79 Å². The minimum Gasteiger partial charge on any atom is -0.468 e. The molecule has 7 heteroatoms. The van der Waals surface area contributed by atoms with E-state index in [2.05, 4.69) is 9.46 Å². The number of methoxy groups -OCH3 is 1. The second-order valence-corrected chi connectivity index (χ2v) is 7.92. The fourth-order valence-electron chi connectivity index (χ4n) is 1.61. The summed E-state index contributed by atoms with van der Waals surface area (Å²) in [5.41, 5.74) is 0. The molecule has 1 heterocycles. The van der Waals surface area contributed by atoms with E-state index in [-0.39, 0.29) is 10.1 Å². The molecule has 1 rings (SSSR count). The van der Waals surface area contributed by atoms with Gasteiger partial charge in [-0.05, 0) is 31.4 Å². The molecule has 0 saturated carbocycles. The van der Waals surface area contributed by atoms with E-state index in [0.29, 0.717) is 6.42 Å². The maximum atomic E-state index is 12.1. The number of ether oxygens (including phenoxy) is 1. The van der Waals surface area contributed by atoms with Crippen LogP contribution in [0, 0.1) is 12.8 Å². The number of hydrogen-bond acceptors (Lipinski definition) is 5. The minimum atomic E-state index is -3.67. The molecule has 1 aromatic rings. The van der Waals surface area contributed by atoms with Crippen molar-refractivity contribution in [2.45, 2.75) is 37.4 Å². The lowest BCUT2D eigenvalue weighted by atomic mass is 10.1. The lowest BCUT2D eigenvalue weighted by molar-refractivity contribution is -0.143. The second kappa shape index (κ2) is 6.49. The summed E-state index contributed by atoms with van der Waals surface area (Å²) in [4.78, 5) is 12.5. The molecule has 0 spiro atoms. The molecule has 1 N–H and O–H groups in total. The zero-order valence-corrected chi connectivity index (χ0v) is 13.1. The summed E-state index contributed by atoms with van der Waals surface area (Å²) in [6.07, 6.45) is 0.399. The first kappa shape index (κ1) is 16.1. The van der Waals surface area contributed by atoms with Gasteiger partial charge >= 0.3 is 5.97 Å². The Hall–Kier alpha value is -0.920. The second-order valence-electron chi connectivity index (χ2n) is 4.69. The molecule has 0 aliphatic rings. The van der Waals surface area contributed by atoms with Crippen molar-refractivity contribution in [1.29, 1.82) is 0 Å². The van der Waals surface area contributed by atoms with Gasteiger partial charge in [0, 0.05) is 4.88 Å². The average molecular weight is 305 g/mol. The van der Waals surface area contributed by atoms with Crippen LogP contribution in [0.1, 0.15) is 25.1 Å². The smallest absolute Gasteiger partial charge is 0.323 e. The molecule has 0 aliphatic heterocycles. The summed E-state index contributed by atoms with van der Waals surface area (Å²) in [5.74, 6) is -0.387. The van der Waals surface area contributed by atoms with E-state index in [1.165, 1.54) is 24.5 Å². The van der Waals surface area contributed by atoms with Crippen molar-refractivity contribution in [3.8, 4) is 0 Å². The Morgan fingerprint density at radius 2 is 2.05 bits per heavy atom. The first-order chi connectivity index (χ1) is 8.76. The van der Waals surface area contributed by atoms with Gasteiger partial charge in [0.1, 0.15) is 10.3 Å². The quantitative estimate of drug-likeness (QED) is 0.815. The molecule has 5 nitrogen and oxygen atoms in total. The Morgan fingerprint density at radius 3 is 2.47 bits per heavy atom. The van der Waals surface area contributed by atoms with Gasteiger partial charge in [-0.2, -0.15) is 4.72 Å². The minimum absolute atomic E-state index is 0.178. The molecule has 1 aromatic heterocycles. The zero-order chi connectivity index (χ0) is 14.6. The first-order valence-corrected chi connectivity index (χ1v) is 8.23. The number of esters is 1. The largest absolute Gasteiger partial charge is 0.468 e. The molecule has 0 aliphatic carbocycles. The van der Waals surface area contributed by atoms with E-state index in [9.17, 15) is 13.2 Å². The normalized spacial score (nSPS) is 13.5. The van der Waals surface area contributed by atoms with Crippen LogP contribution in [0.4, 0.5) is 0 Å².